The van der Waals surface area contributed by atoms with Gasteiger partial charge >= 0.3 is 5.97 Å². The van der Waals surface area contributed by atoms with Crippen molar-refractivity contribution in [2.75, 3.05) is 7.11 Å². The molecule has 1 N–H and O–H groups in total. The van der Waals surface area contributed by atoms with E-state index in [0.717, 1.165) is 16.9 Å². The van der Waals surface area contributed by atoms with Crippen molar-refractivity contribution in [1.82, 2.24) is 15.1 Å². The number of nitrogens with one attached hydrogen (secondary N) is 1. The number of esters is 1. The molecule has 0 radical (unpaired) electrons. The van der Waals surface area contributed by atoms with Gasteiger partial charge in [-0.25, -0.2) is 9.07 Å². The van der Waals surface area contributed by atoms with E-state index in [4.69, 9.17) is 27.9 Å². The number of methoxy groups -OCH3 is 1. The summed E-state index contributed by atoms with van der Waals surface area (Å²) in [6, 6.07) is 10.1. The molecule has 0 bridgehead atoms. The molecule has 1 heterocycles. The van der Waals surface area contributed by atoms with Gasteiger partial charge in [-0.1, -0.05) is 35.3 Å². The Hall–Kier alpha value is -2.90. The second-order valence-electron chi connectivity index (χ2n) is 7.29. The van der Waals surface area contributed by atoms with E-state index in [1.54, 1.807) is 22.9 Å². The van der Waals surface area contributed by atoms with Crippen LogP contribution in [0, 0.1) is 19.7 Å². The van der Waals surface area contributed by atoms with Crippen molar-refractivity contribution in [3.8, 4) is 5.69 Å². The Kier molecular flexibility index (Phi) is 7.53. The van der Waals surface area contributed by atoms with Crippen molar-refractivity contribution < 1.29 is 18.7 Å². The molecule has 2 aromatic carbocycles. The van der Waals surface area contributed by atoms with Gasteiger partial charge in [-0.15, -0.1) is 0 Å². The summed E-state index contributed by atoms with van der Waals surface area (Å²) in [6.07, 6.45) is -0.0216. The number of carbonyl (C=O) groups excluding carboxylic acids is 2. The molecule has 168 valence electrons. The molecule has 1 amide bonds. The second-order valence-corrected chi connectivity index (χ2v) is 8.10. The Labute approximate surface area is 195 Å². The first-order valence-corrected chi connectivity index (χ1v) is 10.6. The average Bonchev–Trinajstić information content (AvgIpc) is 3.04. The van der Waals surface area contributed by atoms with Crippen LogP contribution in [0.1, 0.15) is 35.0 Å². The first-order chi connectivity index (χ1) is 15.2. The van der Waals surface area contributed by atoms with E-state index in [1.165, 1.54) is 31.4 Å². The molecule has 0 spiro atoms. The molecule has 9 heteroatoms. The molecule has 0 saturated carbocycles. The maximum atomic E-state index is 13.3. The third-order valence-electron chi connectivity index (χ3n) is 5.13. The number of aryl methyl sites for hydroxylation is 1. The average molecular weight is 478 g/mol. The smallest absolute Gasteiger partial charge is 0.307 e. The van der Waals surface area contributed by atoms with Crippen molar-refractivity contribution in [2.45, 2.75) is 32.7 Å². The van der Waals surface area contributed by atoms with Gasteiger partial charge in [-0.05, 0) is 49.7 Å². The van der Waals surface area contributed by atoms with E-state index in [9.17, 15) is 14.0 Å². The van der Waals surface area contributed by atoms with E-state index in [0.29, 0.717) is 21.3 Å². The lowest BCUT2D eigenvalue weighted by Gasteiger charge is -2.18. The number of rotatable bonds is 7. The van der Waals surface area contributed by atoms with Crippen LogP contribution in [0.5, 0.6) is 0 Å². The van der Waals surface area contributed by atoms with Crippen molar-refractivity contribution in [1.29, 1.82) is 0 Å². The Morgan fingerprint density at radius 1 is 1.12 bits per heavy atom. The molecule has 32 heavy (non-hydrogen) atoms. The largest absolute Gasteiger partial charge is 0.469 e. The number of ether oxygens (including phenoxy) is 1. The Morgan fingerprint density at radius 2 is 1.81 bits per heavy atom. The van der Waals surface area contributed by atoms with Gasteiger partial charge in [-0.2, -0.15) is 5.10 Å². The summed E-state index contributed by atoms with van der Waals surface area (Å²) >= 11 is 12.1. The van der Waals surface area contributed by atoms with Gasteiger partial charge in [0.25, 0.3) is 0 Å². The number of nitrogens with zero attached hydrogens (tertiary/aromatic N) is 2. The van der Waals surface area contributed by atoms with Gasteiger partial charge < -0.3 is 10.1 Å². The zero-order chi connectivity index (χ0) is 23.4. The fourth-order valence-corrected chi connectivity index (χ4v) is 3.69. The maximum Gasteiger partial charge on any atom is 0.307 e. The van der Waals surface area contributed by atoms with Gasteiger partial charge in [0.05, 0.1) is 47.4 Å². The topological polar surface area (TPSA) is 73.2 Å². The molecule has 3 rings (SSSR count). The molecule has 0 aliphatic carbocycles. The van der Waals surface area contributed by atoms with E-state index < -0.39 is 17.8 Å². The standard InChI is InChI=1S/C23H22Cl2FN3O3/c1-13-18(14(2)29(28-13)17-8-9-19(24)20(25)10-17)11-22(30)27-21(12-23(31)32-3)15-4-6-16(26)7-5-15/h4-10,21H,11-12H2,1-3H3,(H,27,30)/t21-/m0/s1. The highest BCUT2D eigenvalue weighted by Crippen LogP contribution is 2.26. The lowest BCUT2D eigenvalue weighted by molar-refractivity contribution is -0.141. The van der Waals surface area contributed by atoms with Gasteiger partial charge in [0, 0.05) is 11.3 Å². The first-order valence-electron chi connectivity index (χ1n) is 9.81. The highest BCUT2D eigenvalue weighted by atomic mass is 35.5. The first kappa shape index (κ1) is 23.8. The fourth-order valence-electron chi connectivity index (χ4n) is 3.40. The number of amides is 1. The van der Waals surface area contributed by atoms with Crippen LogP contribution in [0.4, 0.5) is 4.39 Å². The normalized spacial score (nSPS) is 11.8. The van der Waals surface area contributed by atoms with Crippen molar-refractivity contribution >= 4 is 35.1 Å². The van der Waals surface area contributed by atoms with Crippen molar-refractivity contribution in [2.24, 2.45) is 0 Å². The van der Waals surface area contributed by atoms with Gasteiger partial charge in [0.2, 0.25) is 5.91 Å². The lowest BCUT2D eigenvalue weighted by Crippen LogP contribution is -2.32. The molecular formula is C23H22Cl2FN3O3. The number of hydrogen-bond acceptors (Lipinski definition) is 4. The summed E-state index contributed by atoms with van der Waals surface area (Å²) in [5, 5.41) is 8.22. The Balaban J connectivity index is 1.82. The number of carbonyl (C=O) groups is 2. The Bertz CT molecular complexity index is 1150. The van der Waals surface area contributed by atoms with Crippen LogP contribution < -0.4 is 5.32 Å². The summed E-state index contributed by atoms with van der Waals surface area (Å²) < 4.78 is 19.7. The molecular weight excluding hydrogens is 456 g/mol. The minimum absolute atomic E-state index is 0.0534. The number of hydrogen-bond donors (Lipinski definition) is 1. The van der Waals surface area contributed by atoms with Crippen LogP contribution >= 0.6 is 23.2 Å². The highest BCUT2D eigenvalue weighted by Gasteiger charge is 2.22. The molecule has 0 saturated heterocycles. The zero-order valence-corrected chi connectivity index (χ0v) is 19.3. The van der Waals surface area contributed by atoms with E-state index in [1.807, 2.05) is 13.8 Å². The lowest BCUT2D eigenvalue weighted by atomic mass is 10.0. The van der Waals surface area contributed by atoms with Crippen LogP contribution in [-0.4, -0.2) is 28.8 Å². The van der Waals surface area contributed by atoms with Crippen LogP contribution in [0.15, 0.2) is 42.5 Å². The van der Waals surface area contributed by atoms with E-state index in [2.05, 4.69) is 10.4 Å². The number of aromatic nitrogens is 2. The zero-order valence-electron chi connectivity index (χ0n) is 17.8. The number of halogens is 3. The molecule has 6 nitrogen and oxygen atoms in total. The minimum atomic E-state index is -0.652. The van der Waals surface area contributed by atoms with Crippen molar-refractivity contribution in [3.05, 3.63) is 80.8 Å². The minimum Gasteiger partial charge on any atom is -0.469 e. The van der Waals surface area contributed by atoms with Crippen LogP contribution in [0.3, 0.4) is 0 Å². The van der Waals surface area contributed by atoms with Crippen LogP contribution in [0.25, 0.3) is 5.69 Å². The van der Waals surface area contributed by atoms with E-state index >= 15 is 0 Å². The maximum absolute atomic E-state index is 13.3. The summed E-state index contributed by atoms with van der Waals surface area (Å²) in [4.78, 5) is 24.7. The summed E-state index contributed by atoms with van der Waals surface area (Å²) in [5.74, 6) is -1.19. The highest BCUT2D eigenvalue weighted by molar-refractivity contribution is 6.42. The van der Waals surface area contributed by atoms with E-state index in [-0.39, 0.29) is 18.7 Å². The molecule has 0 aliphatic rings. The van der Waals surface area contributed by atoms with Gasteiger partial charge in [0.15, 0.2) is 0 Å². The molecule has 1 aromatic heterocycles. The summed E-state index contributed by atoms with van der Waals surface area (Å²) in [7, 11) is 1.27. The second kappa shape index (κ2) is 10.1. The molecule has 1 atom stereocenters. The molecule has 0 aliphatic heterocycles. The monoisotopic (exact) mass is 477 g/mol. The van der Waals surface area contributed by atoms with Crippen molar-refractivity contribution in [3.63, 3.8) is 0 Å². The predicted octanol–water partition coefficient (Wildman–Crippen LogP) is 4.90. The molecule has 0 fully saturated rings. The molecule has 0 unspecified atom stereocenters. The van der Waals surface area contributed by atoms with Gasteiger partial charge in [-0.3, -0.25) is 9.59 Å². The predicted molar refractivity (Wildman–Crippen MR) is 121 cm³/mol. The van der Waals surface area contributed by atoms with Crippen LogP contribution in [-0.2, 0) is 20.7 Å². The van der Waals surface area contributed by atoms with Crippen LogP contribution in [0.2, 0.25) is 10.0 Å². The SMILES string of the molecule is COC(=O)C[C@H](NC(=O)Cc1c(C)nn(-c2ccc(Cl)c(Cl)c2)c1C)c1ccc(F)cc1. The van der Waals surface area contributed by atoms with Gasteiger partial charge in [0.1, 0.15) is 5.82 Å². The molecule has 3 aromatic rings. The Morgan fingerprint density at radius 3 is 2.44 bits per heavy atom. The fraction of sp³-hybridized carbons (Fsp3) is 0.261. The quantitative estimate of drug-likeness (QED) is 0.491. The summed E-state index contributed by atoms with van der Waals surface area (Å²) in [5.41, 5.74) is 3.55. The summed E-state index contributed by atoms with van der Waals surface area (Å²) in [6.45, 7) is 3.67. The number of benzene rings is 2. The third-order valence-corrected chi connectivity index (χ3v) is 5.87. The third kappa shape index (κ3) is 5.47.